The molecule has 0 bridgehead atoms. The van der Waals surface area contributed by atoms with Crippen LogP contribution in [0.5, 0.6) is 11.5 Å². The predicted molar refractivity (Wildman–Crippen MR) is 99.6 cm³/mol. The van der Waals surface area contributed by atoms with Crippen molar-refractivity contribution >= 4 is 23.4 Å². The van der Waals surface area contributed by atoms with Crippen molar-refractivity contribution in [3.8, 4) is 11.5 Å². The normalized spacial score (nSPS) is 10.1. The van der Waals surface area contributed by atoms with Gasteiger partial charge in [-0.05, 0) is 41.8 Å². The van der Waals surface area contributed by atoms with Crippen molar-refractivity contribution in [2.45, 2.75) is 13.0 Å². The number of rotatable bonds is 7. The quantitative estimate of drug-likeness (QED) is 0.727. The van der Waals surface area contributed by atoms with Gasteiger partial charge in [0, 0.05) is 18.1 Å². The van der Waals surface area contributed by atoms with Crippen LogP contribution in [0.4, 0.5) is 0 Å². The van der Waals surface area contributed by atoms with E-state index in [-0.39, 0.29) is 6.54 Å². The van der Waals surface area contributed by atoms with Crippen LogP contribution in [0.2, 0.25) is 5.02 Å². The van der Waals surface area contributed by atoms with Gasteiger partial charge in [0.15, 0.2) is 11.5 Å². The minimum Gasteiger partial charge on any atom is -0.493 e. The number of benzene rings is 2. The fraction of sp³-hybridized carbons (Fsp3) is 0.263. The SMILES string of the molecule is COc1ccc(CNC(=O)C(=O)NCCc2cccc(Cl)c2)cc1OC. The first-order chi connectivity index (χ1) is 12.5. The molecular weight excluding hydrogens is 356 g/mol. The molecule has 0 heterocycles. The van der Waals surface area contributed by atoms with Crippen LogP contribution in [-0.4, -0.2) is 32.6 Å². The average molecular weight is 377 g/mol. The van der Waals surface area contributed by atoms with Crippen LogP contribution in [-0.2, 0) is 22.6 Å². The monoisotopic (exact) mass is 376 g/mol. The number of halogens is 1. The van der Waals surface area contributed by atoms with Gasteiger partial charge < -0.3 is 20.1 Å². The fourth-order valence-electron chi connectivity index (χ4n) is 2.35. The van der Waals surface area contributed by atoms with Crippen LogP contribution in [0.3, 0.4) is 0 Å². The maximum absolute atomic E-state index is 11.9. The Labute approximate surface area is 157 Å². The molecule has 0 atom stereocenters. The molecule has 0 aliphatic carbocycles. The molecule has 138 valence electrons. The smallest absolute Gasteiger partial charge is 0.309 e. The summed E-state index contributed by atoms with van der Waals surface area (Å²) in [5.74, 6) is -0.204. The maximum Gasteiger partial charge on any atom is 0.309 e. The van der Waals surface area contributed by atoms with Crippen LogP contribution < -0.4 is 20.1 Å². The third-order valence-electron chi connectivity index (χ3n) is 3.70. The highest BCUT2D eigenvalue weighted by atomic mass is 35.5. The number of hydrogen-bond donors (Lipinski definition) is 2. The summed E-state index contributed by atoms with van der Waals surface area (Å²) in [6.07, 6.45) is 0.593. The number of carbonyl (C=O) groups excluding carboxylic acids is 2. The molecule has 0 radical (unpaired) electrons. The van der Waals surface area contributed by atoms with Crippen molar-refractivity contribution in [2.24, 2.45) is 0 Å². The van der Waals surface area contributed by atoms with E-state index in [1.807, 2.05) is 18.2 Å². The van der Waals surface area contributed by atoms with E-state index in [0.717, 1.165) is 11.1 Å². The molecule has 26 heavy (non-hydrogen) atoms. The van der Waals surface area contributed by atoms with Crippen molar-refractivity contribution < 1.29 is 19.1 Å². The van der Waals surface area contributed by atoms with Gasteiger partial charge >= 0.3 is 11.8 Å². The van der Waals surface area contributed by atoms with E-state index in [0.29, 0.717) is 29.5 Å². The fourth-order valence-corrected chi connectivity index (χ4v) is 2.56. The molecule has 0 aromatic heterocycles. The van der Waals surface area contributed by atoms with E-state index in [9.17, 15) is 9.59 Å². The lowest BCUT2D eigenvalue weighted by Crippen LogP contribution is -2.40. The number of ether oxygens (including phenoxy) is 2. The second-order valence-corrected chi connectivity index (χ2v) is 5.94. The molecule has 6 nitrogen and oxygen atoms in total. The number of amides is 2. The minimum absolute atomic E-state index is 0.209. The lowest BCUT2D eigenvalue weighted by Gasteiger charge is -2.10. The van der Waals surface area contributed by atoms with Gasteiger partial charge in [0.1, 0.15) is 0 Å². The molecule has 0 saturated carbocycles. The van der Waals surface area contributed by atoms with E-state index in [2.05, 4.69) is 10.6 Å². The summed E-state index contributed by atoms with van der Waals surface area (Å²) >= 11 is 5.91. The summed E-state index contributed by atoms with van der Waals surface area (Å²) in [4.78, 5) is 23.7. The lowest BCUT2D eigenvalue weighted by atomic mass is 10.1. The Morgan fingerprint density at radius 2 is 1.65 bits per heavy atom. The van der Waals surface area contributed by atoms with E-state index < -0.39 is 11.8 Å². The largest absolute Gasteiger partial charge is 0.493 e. The molecule has 7 heteroatoms. The summed E-state index contributed by atoms with van der Waals surface area (Å²) in [7, 11) is 3.08. The Morgan fingerprint density at radius 1 is 0.923 bits per heavy atom. The highest BCUT2D eigenvalue weighted by molar-refractivity contribution is 6.35. The lowest BCUT2D eigenvalue weighted by molar-refractivity contribution is -0.139. The van der Waals surface area contributed by atoms with E-state index in [1.54, 1.807) is 31.4 Å². The Kier molecular flexibility index (Phi) is 7.29. The molecule has 0 aliphatic heterocycles. The second-order valence-electron chi connectivity index (χ2n) is 5.51. The molecule has 2 rings (SSSR count). The Balaban J connectivity index is 1.79. The third-order valence-corrected chi connectivity index (χ3v) is 3.93. The molecule has 0 spiro atoms. The van der Waals surface area contributed by atoms with Crippen molar-refractivity contribution in [2.75, 3.05) is 20.8 Å². The van der Waals surface area contributed by atoms with Gasteiger partial charge in [-0.2, -0.15) is 0 Å². The zero-order valence-corrected chi connectivity index (χ0v) is 15.4. The average Bonchev–Trinajstić information content (AvgIpc) is 2.65. The topological polar surface area (TPSA) is 76.7 Å². The molecule has 2 aromatic rings. The Bertz CT molecular complexity index is 780. The van der Waals surface area contributed by atoms with Gasteiger partial charge in [-0.1, -0.05) is 29.8 Å². The van der Waals surface area contributed by atoms with Crippen molar-refractivity contribution in [1.82, 2.24) is 10.6 Å². The Hall–Kier alpha value is -2.73. The number of carbonyl (C=O) groups is 2. The summed E-state index contributed by atoms with van der Waals surface area (Å²) < 4.78 is 10.4. The zero-order valence-electron chi connectivity index (χ0n) is 14.7. The first-order valence-electron chi connectivity index (χ1n) is 8.05. The van der Waals surface area contributed by atoms with E-state index >= 15 is 0 Å². The van der Waals surface area contributed by atoms with E-state index in [1.165, 1.54) is 7.11 Å². The van der Waals surface area contributed by atoms with E-state index in [4.69, 9.17) is 21.1 Å². The number of nitrogens with one attached hydrogen (secondary N) is 2. The predicted octanol–water partition coefficient (Wildman–Crippen LogP) is 2.33. The second kappa shape index (κ2) is 9.68. The van der Waals surface area contributed by atoms with Gasteiger partial charge in [-0.15, -0.1) is 0 Å². The highest BCUT2D eigenvalue weighted by Crippen LogP contribution is 2.27. The number of hydrogen-bond acceptors (Lipinski definition) is 4. The van der Waals surface area contributed by atoms with Gasteiger partial charge in [0.25, 0.3) is 0 Å². The first kappa shape index (κ1) is 19.6. The standard InChI is InChI=1S/C19H21ClN2O4/c1-25-16-7-6-14(11-17(16)26-2)12-22-19(24)18(23)21-9-8-13-4-3-5-15(20)10-13/h3-7,10-11H,8-9,12H2,1-2H3,(H,21,23)(H,22,24). The maximum atomic E-state index is 11.9. The molecular formula is C19H21ClN2O4. The van der Waals surface area contributed by atoms with Crippen molar-refractivity contribution in [1.29, 1.82) is 0 Å². The van der Waals surface area contributed by atoms with Gasteiger partial charge in [-0.25, -0.2) is 0 Å². The Morgan fingerprint density at radius 3 is 2.35 bits per heavy atom. The number of methoxy groups -OCH3 is 2. The van der Waals surface area contributed by atoms with Crippen LogP contribution in [0.25, 0.3) is 0 Å². The minimum atomic E-state index is -0.689. The van der Waals surface area contributed by atoms with Gasteiger partial charge in [-0.3, -0.25) is 9.59 Å². The first-order valence-corrected chi connectivity index (χ1v) is 8.42. The molecule has 0 saturated heterocycles. The summed E-state index contributed by atoms with van der Waals surface area (Å²) in [6, 6.07) is 12.6. The molecule has 0 aliphatic rings. The molecule has 2 aromatic carbocycles. The molecule has 2 N–H and O–H groups in total. The van der Waals surface area contributed by atoms with Gasteiger partial charge in [0.2, 0.25) is 0 Å². The molecule has 0 fully saturated rings. The highest BCUT2D eigenvalue weighted by Gasteiger charge is 2.13. The van der Waals surface area contributed by atoms with Crippen LogP contribution >= 0.6 is 11.6 Å². The summed E-state index contributed by atoms with van der Waals surface area (Å²) in [5, 5.41) is 5.81. The molecule has 0 unspecified atom stereocenters. The van der Waals surface area contributed by atoms with Crippen LogP contribution in [0.1, 0.15) is 11.1 Å². The van der Waals surface area contributed by atoms with Gasteiger partial charge in [0.05, 0.1) is 14.2 Å². The summed E-state index contributed by atoms with van der Waals surface area (Å²) in [6.45, 7) is 0.559. The third kappa shape index (κ3) is 5.67. The van der Waals surface area contributed by atoms with Crippen molar-refractivity contribution in [3.63, 3.8) is 0 Å². The van der Waals surface area contributed by atoms with Crippen LogP contribution in [0.15, 0.2) is 42.5 Å². The zero-order chi connectivity index (χ0) is 18.9. The summed E-state index contributed by atoms with van der Waals surface area (Å²) in [5.41, 5.74) is 1.78. The molecule has 2 amide bonds. The van der Waals surface area contributed by atoms with Crippen molar-refractivity contribution in [3.05, 3.63) is 58.6 Å². The van der Waals surface area contributed by atoms with Crippen LogP contribution in [0, 0.1) is 0 Å².